The summed E-state index contributed by atoms with van der Waals surface area (Å²) in [4.78, 5) is 3.79. The van der Waals surface area contributed by atoms with Crippen LogP contribution < -0.4 is 0 Å². The summed E-state index contributed by atoms with van der Waals surface area (Å²) in [5, 5.41) is 0. The molecule has 1 rings (SSSR count). The van der Waals surface area contributed by atoms with Crippen molar-refractivity contribution in [1.82, 2.24) is 4.90 Å². The van der Waals surface area contributed by atoms with E-state index in [1.54, 1.807) is 0 Å². The van der Waals surface area contributed by atoms with Gasteiger partial charge in [-0.05, 0) is 13.8 Å². The topological polar surface area (TPSA) is 3.24 Å². The van der Waals surface area contributed by atoms with E-state index in [2.05, 4.69) is 25.8 Å². The van der Waals surface area contributed by atoms with Crippen molar-refractivity contribution < 1.29 is 0 Å². The second-order valence-electron chi connectivity index (χ2n) is 2.41. The summed E-state index contributed by atoms with van der Waals surface area (Å²) in [6, 6.07) is 0. The van der Waals surface area contributed by atoms with E-state index in [0.29, 0.717) is 0 Å². The Bertz CT molecular complexity index is 140. The Morgan fingerprint density at radius 2 is 2.11 bits per heavy atom. The first kappa shape index (κ1) is 7.00. The molecule has 0 radical (unpaired) electrons. The lowest BCUT2D eigenvalue weighted by atomic mass is 10.4. The normalized spacial score (nSPS) is 21.0. The molecular weight excluding hydrogens is 130 g/mol. The van der Waals surface area contributed by atoms with E-state index in [1.165, 1.54) is 22.9 Å². The molecule has 0 N–H and O–H groups in total. The summed E-state index contributed by atoms with van der Waals surface area (Å²) < 4.78 is 0. The number of hydrogen-bond donors (Lipinski definition) is 0. The fourth-order valence-electron chi connectivity index (χ4n) is 0.877. The zero-order valence-electron chi connectivity index (χ0n) is 6.27. The third-order valence-electron chi connectivity index (χ3n) is 1.83. The predicted molar refractivity (Wildman–Crippen MR) is 43.5 cm³/mol. The molecule has 0 bridgehead atoms. The van der Waals surface area contributed by atoms with Gasteiger partial charge in [-0.15, -0.1) is 11.8 Å². The highest BCUT2D eigenvalue weighted by molar-refractivity contribution is 8.03. The molecule has 52 valence electrons. The first-order valence-electron chi connectivity index (χ1n) is 3.23. The first-order valence-corrected chi connectivity index (χ1v) is 4.22. The average Bonchev–Trinajstić information content (AvgIpc) is 1.83. The van der Waals surface area contributed by atoms with E-state index < -0.39 is 0 Å². The molecule has 0 aromatic rings. The summed E-state index contributed by atoms with van der Waals surface area (Å²) in [6.07, 6.45) is 0. The van der Waals surface area contributed by atoms with Gasteiger partial charge in [0.15, 0.2) is 0 Å². The maximum absolute atomic E-state index is 2.31. The molecule has 0 aliphatic carbocycles. The van der Waals surface area contributed by atoms with Gasteiger partial charge in [0.2, 0.25) is 0 Å². The maximum Gasteiger partial charge on any atom is 0.0266 e. The van der Waals surface area contributed by atoms with E-state index in [4.69, 9.17) is 0 Å². The van der Waals surface area contributed by atoms with Gasteiger partial charge in [0.1, 0.15) is 0 Å². The van der Waals surface area contributed by atoms with Crippen molar-refractivity contribution in [3.63, 3.8) is 0 Å². The summed E-state index contributed by atoms with van der Waals surface area (Å²) in [7, 11) is 2.15. The molecule has 2 heteroatoms. The Balaban J connectivity index is 2.72. The van der Waals surface area contributed by atoms with Crippen LogP contribution in [0.1, 0.15) is 13.8 Å². The van der Waals surface area contributed by atoms with Crippen LogP contribution in [0.5, 0.6) is 0 Å². The molecule has 0 fully saturated rings. The molecule has 0 saturated carbocycles. The molecule has 0 unspecified atom stereocenters. The summed E-state index contributed by atoms with van der Waals surface area (Å²) in [5.41, 5.74) is 1.44. The molecular formula is C7H13NS. The van der Waals surface area contributed by atoms with Crippen LogP contribution in [0.15, 0.2) is 10.6 Å². The molecule has 1 nitrogen and oxygen atoms in total. The second kappa shape index (κ2) is 2.65. The Labute approximate surface area is 61.1 Å². The Morgan fingerprint density at radius 1 is 1.44 bits per heavy atom. The van der Waals surface area contributed by atoms with E-state index in [1.807, 2.05) is 11.8 Å². The van der Waals surface area contributed by atoms with E-state index in [0.717, 1.165) is 0 Å². The van der Waals surface area contributed by atoms with Gasteiger partial charge in [0.05, 0.1) is 0 Å². The molecule has 0 spiro atoms. The van der Waals surface area contributed by atoms with Crippen molar-refractivity contribution in [1.29, 1.82) is 0 Å². The van der Waals surface area contributed by atoms with Crippen molar-refractivity contribution >= 4 is 11.8 Å². The Morgan fingerprint density at radius 3 is 2.56 bits per heavy atom. The minimum Gasteiger partial charge on any atom is -0.377 e. The highest BCUT2D eigenvalue weighted by atomic mass is 32.2. The van der Waals surface area contributed by atoms with E-state index in [9.17, 15) is 0 Å². The van der Waals surface area contributed by atoms with Crippen molar-refractivity contribution in [2.75, 3.05) is 19.3 Å². The minimum absolute atomic E-state index is 1.20. The van der Waals surface area contributed by atoms with Crippen molar-refractivity contribution in [3.05, 3.63) is 10.6 Å². The number of thioether (sulfide) groups is 1. The van der Waals surface area contributed by atoms with Gasteiger partial charge in [0.25, 0.3) is 0 Å². The lowest BCUT2D eigenvalue weighted by Gasteiger charge is -2.26. The van der Waals surface area contributed by atoms with Crippen LogP contribution in [0.4, 0.5) is 0 Å². The lowest BCUT2D eigenvalue weighted by molar-refractivity contribution is 0.440. The zero-order chi connectivity index (χ0) is 6.85. The van der Waals surface area contributed by atoms with Crippen molar-refractivity contribution in [3.8, 4) is 0 Å². The largest absolute Gasteiger partial charge is 0.377 e. The third-order valence-corrected chi connectivity index (χ3v) is 2.94. The SMILES string of the molecule is CC1=C(C)N(C)CCS1. The van der Waals surface area contributed by atoms with Crippen LogP contribution >= 0.6 is 11.8 Å². The highest BCUT2D eigenvalue weighted by Crippen LogP contribution is 2.24. The van der Waals surface area contributed by atoms with E-state index >= 15 is 0 Å². The number of nitrogens with zero attached hydrogens (tertiary/aromatic N) is 1. The average molecular weight is 143 g/mol. The minimum atomic E-state index is 1.20. The van der Waals surface area contributed by atoms with Gasteiger partial charge in [0, 0.05) is 29.9 Å². The van der Waals surface area contributed by atoms with Crippen molar-refractivity contribution in [2.45, 2.75) is 13.8 Å². The number of hydrogen-bond acceptors (Lipinski definition) is 2. The van der Waals surface area contributed by atoms with E-state index in [-0.39, 0.29) is 0 Å². The van der Waals surface area contributed by atoms with Crippen LogP contribution in [-0.2, 0) is 0 Å². The first-order chi connectivity index (χ1) is 4.22. The summed E-state index contributed by atoms with van der Waals surface area (Å²) in [6.45, 7) is 5.57. The molecule has 0 amide bonds. The van der Waals surface area contributed by atoms with Gasteiger partial charge in [-0.3, -0.25) is 0 Å². The molecule has 0 aromatic heterocycles. The third kappa shape index (κ3) is 1.42. The standard InChI is InChI=1S/C7H13NS/c1-6-7(2)9-5-4-8(6)3/h4-5H2,1-3H3. The van der Waals surface area contributed by atoms with Crippen molar-refractivity contribution in [2.24, 2.45) is 0 Å². The fourth-order valence-corrected chi connectivity index (χ4v) is 1.91. The van der Waals surface area contributed by atoms with Crippen LogP contribution in [0.2, 0.25) is 0 Å². The Hall–Kier alpha value is -0.110. The maximum atomic E-state index is 2.31. The molecule has 1 aliphatic rings. The monoisotopic (exact) mass is 143 g/mol. The molecule has 9 heavy (non-hydrogen) atoms. The second-order valence-corrected chi connectivity index (χ2v) is 3.72. The van der Waals surface area contributed by atoms with Gasteiger partial charge in [-0.1, -0.05) is 0 Å². The van der Waals surface area contributed by atoms with Crippen LogP contribution in [0, 0.1) is 0 Å². The lowest BCUT2D eigenvalue weighted by Crippen LogP contribution is -2.23. The van der Waals surface area contributed by atoms with Crippen LogP contribution in [-0.4, -0.2) is 24.2 Å². The molecule has 0 aromatic carbocycles. The molecule has 0 atom stereocenters. The fraction of sp³-hybridized carbons (Fsp3) is 0.714. The quantitative estimate of drug-likeness (QED) is 0.509. The summed E-state index contributed by atoms with van der Waals surface area (Å²) >= 11 is 1.97. The smallest absolute Gasteiger partial charge is 0.0266 e. The molecule has 0 saturated heterocycles. The molecule has 1 heterocycles. The number of allylic oxidation sites excluding steroid dienone is 2. The van der Waals surface area contributed by atoms with Crippen LogP contribution in [0.25, 0.3) is 0 Å². The zero-order valence-corrected chi connectivity index (χ0v) is 7.09. The van der Waals surface area contributed by atoms with Gasteiger partial charge < -0.3 is 4.90 Å². The summed E-state index contributed by atoms with van der Waals surface area (Å²) in [5.74, 6) is 1.25. The predicted octanol–water partition coefficient (Wildman–Crippen LogP) is 1.92. The van der Waals surface area contributed by atoms with Gasteiger partial charge in [-0.25, -0.2) is 0 Å². The van der Waals surface area contributed by atoms with Gasteiger partial charge >= 0.3 is 0 Å². The van der Waals surface area contributed by atoms with Gasteiger partial charge in [-0.2, -0.15) is 0 Å². The molecule has 1 aliphatic heterocycles. The number of rotatable bonds is 0. The van der Waals surface area contributed by atoms with Crippen LogP contribution in [0.3, 0.4) is 0 Å². The highest BCUT2D eigenvalue weighted by Gasteiger charge is 2.08. The Kier molecular flexibility index (Phi) is 2.06.